The van der Waals surface area contributed by atoms with E-state index in [1.165, 1.54) is 12.1 Å². The van der Waals surface area contributed by atoms with Crippen LogP contribution in [-0.4, -0.2) is 17.6 Å². The molecule has 0 aliphatic carbocycles. The van der Waals surface area contributed by atoms with Crippen LogP contribution in [0.3, 0.4) is 0 Å². The number of carbonyl (C=O) groups excluding carboxylic acids is 1. The fourth-order valence-corrected chi connectivity index (χ4v) is 2.10. The first-order valence-corrected chi connectivity index (χ1v) is 7.06. The van der Waals surface area contributed by atoms with Crippen molar-refractivity contribution in [3.63, 3.8) is 0 Å². The first kappa shape index (κ1) is 16.3. The van der Waals surface area contributed by atoms with Crippen molar-refractivity contribution in [1.82, 2.24) is 0 Å². The van der Waals surface area contributed by atoms with Crippen LogP contribution in [0.5, 0.6) is 5.75 Å². The van der Waals surface area contributed by atoms with Gasteiger partial charge in [0.2, 0.25) is 0 Å². The Kier molecular flexibility index (Phi) is 5.35. The number of nitrogens with one attached hydrogen (secondary N) is 1. The Hall–Kier alpha value is -2.11. The molecule has 22 heavy (non-hydrogen) atoms. The Bertz CT molecular complexity index is 691. The van der Waals surface area contributed by atoms with Gasteiger partial charge in [0.05, 0.1) is 18.2 Å². The van der Waals surface area contributed by atoms with Crippen LogP contribution >= 0.6 is 11.6 Å². The van der Waals surface area contributed by atoms with Gasteiger partial charge in [0.1, 0.15) is 11.6 Å². The number of aliphatic hydroxyl groups excluding tert-OH is 1. The third-order valence-electron chi connectivity index (χ3n) is 2.97. The molecule has 4 nitrogen and oxygen atoms in total. The number of anilines is 1. The van der Waals surface area contributed by atoms with E-state index in [4.69, 9.17) is 16.3 Å². The van der Waals surface area contributed by atoms with Crippen molar-refractivity contribution < 1.29 is 19.0 Å². The van der Waals surface area contributed by atoms with Crippen molar-refractivity contribution in [3.05, 3.63) is 58.4 Å². The number of ether oxygens (including phenoxy) is 1. The smallest absolute Gasteiger partial charge is 0.255 e. The molecule has 0 heterocycles. The van der Waals surface area contributed by atoms with Crippen molar-refractivity contribution in [2.24, 2.45) is 0 Å². The largest absolute Gasteiger partial charge is 0.494 e. The summed E-state index contributed by atoms with van der Waals surface area (Å²) in [6.45, 7) is 2.11. The summed E-state index contributed by atoms with van der Waals surface area (Å²) in [4.78, 5) is 12.1. The molecule has 0 fully saturated rings. The maximum atomic E-state index is 13.1. The van der Waals surface area contributed by atoms with Crippen LogP contribution < -0.4 is 10.1 Å². The van der Waals surface area contributed by atoms with E-state index < -0.39 is 11.7 Å². The Labute approximate surface area is 132 Å². The second-order valence-corrected chi connectivity index (χ2v) is 4.90. The van der Waals surface area contributed by atoms with Crippen molar-refractivity contribution in [2.45, 2.75) is 13.5 Å². The van der Waals surface area contributed by atoms with Gasteiger partial charge in [-0.05, 0) is 43.3 Å². The lowest BCUT2D eigenvalue weighted by Crippen LogP contribution is -2.12. The number of aliphatic hydroxyl groups is 1. The van der Waals surface area contributed by atoms with Crippen molar-refractivity contribution in [1.29, 1.82) is 0 Å². The SMILES string of the molecule is CCOc1ccc(NC(=O)c2ccc(F)c(Cl)c2)cc1CO. The first-order valence-electron chi connectivity index (χ1n) is 6.68. The van der Waals surface area contributed by atoms with E-state index >= 15 is 0 Å². The molecule has 0 unspecified atom stereocenters. The first-order chi connectivity index (χ1) is 10.5. The van der Waals surface area contributed by atoms with Crippen LogP contribution in [0.2, 0.25) is 5.02 Å². The third-order valence-corrected chi connectivity index (χ3v) is 3.26. The van der Waals surface area contributed by atoms with E-state index in [1.807, 2.05) is 6.92 Å². The van der Waals surface area contributed by atoms with Gasteiger partial charge in [0.25, 0.3) is 5.91 Å². The van der Waals surface area contributed by atoms with Gasteiger partial charge >= 0.3 is 0 Å². The molecule has 116 valence electrons. The summed E-state index contributed by atoms with van der Waals surface area (Å²) in [5, 5.41) is 11.9. The van der Waals surface area contributed by atoms with E-state index in [9.17, 15) is 14.3 Å². The van der Waals surface area contributed by atoms with Gasteiger partial charge in [0.15, 0.2) is 0 Å². The summed E-state index contributed by atoms with van der Waals surface area (Å²) in [5.41, 5.74) is 1.31. The molecule has 2 rings (SSSR count). The zero-order valence-electron chi connectivity index (χ0n) is 11.9. The topological polar surface area (TPSA) is 58.6 Å². The predicted molar refractivity (Wildman–Crippen MR) is 82.9 cm³/mol. The molecule has 0 saturated heterocycles. The standard InChI is InChI=1S/C16H15ClFNO3/c1-2-22-15-6-4-12(7-11(15)9-20)19-16(21)10-3-5-14(18)13(17)8-10/h3-8,20H,2,9H2,1H3,(H,19,21). The Morgan fingerprint density at radius 3 is 2.73 bits per heavy atom. The van der Waals surface area contributed by atoms with Crippen LogP contribution in [-0.2, 0) is 6.61 Å². The molecule has 0 radical (unpaired) electrons. The minimum Gasteiger partial charge on any atom is -0.494 e. The molecule has 2 N–H and O–H groups in total. The van der Waals surface area contributed by atoms with Gasteiger partial charge in [0, 0.05) is 16.8 Å². The summed E-state index contributed by atoms with van der Waals surface area (Å²) in [6, 6.07) is 8.68. The van der Waals surface area contributed by atoms with Crippen molar-refractivity contribution in [2.75, 3.05) is 11.9 Å². The predicted octanol–water partition coefficient (Wildman–Crippen LogP) is 3.62. The molecule has 0 bridgehead atoms. The Balaban J connectivity index is 2.19. The molecule has 0 aliphatic rings. The normalized spacial score (nSPS) is 10.4. The van der Waals surface area contributed by atoms with E-state index in [1.54, 1.807) is 18.2 Å². The zero-order valence-corrected chi connectivity index (χ0v) is 12.7. The summed E-state index contributed by atoms with van der Waals surface area (Å²) < 4.78 is 18.5. The maximum Gasteiger partial charge on any atom is 0.255 e. The number of halogens is 2. The summed E-state index contributed by atoms with van der Waals surface area (Å²) >= 11 is 5.66. The van der Waals surface area contributed by atoms with Crippen LogP contribution in [0.1, 0.15) is 22.8 Å². The van der Waals surface area contributed by atoms with E-state index in [0.717, 1.165) is 6.07 Å². The number of amides is 1. The average Bonchev–Trinajstić information content (AvgIpc) is 2.51. The number of benzene rings is 2. The average molecular weight is 324 g/mol. The summed E-state index contributed by atoms with van der Waals surface area (Å²) in [5.74, 6) is -0.440. The second kappa shape index (κ2) is 7.24. The van der Waals surface area contributed by atoms with E-state index in [2.05, 4.69) is 5.32 Å². The highest BCUT2D eigenvalue weighted by atomic mass is 35.5. The third kappa shape index (κ3) is 3.75. The minimum atomic E-state index is -0.582. The number of rotatable bonds is 5. The van der Waals surface area contributed by atoms with Crippen LogP contribution in [0.4, 0.5) is 10.1 Å². The quantitative estimate of drug-likeness (QED) is 0.883. The van der Waals surface area contributed by atoms with Crippen LogP contribution in [0, 0.1) is 5.82 Å². The van der Waals surface area contributed by atoms with Gasteiger partial charge < -0.3 is 15.2 Å². The monoisotopic (exact) mass is 323 g/mol. The molecule has 2 aromatic carbocycles. The fourth-order valence-electron chi connectivity index (χ4n) is 1.92. The highest BCUT2D eigenvalue weighted by Gasteiger charge is 2.11. The van der Waals surface area contributed by atoms with Gasteiger partial charge in [-0.25, -0.2) is 4.39 Å². The fraction of sp³-hybridized carbons (Fsp3) is 0.188. The molecule has 0 atom stereocenters. The van der Waals surface area contributed by atoms with Gasteiger partial charge in [-0.1, -0.05) is 11.6 Å². The van der Waals surface area contributed by atoms with Crippen molar-refractivity contribution >= 4 is 23.2 Å². The maximum absolute atomic E-state index is 13.1. The summed E-state index contributed by atoms with van der Waals surface area (Å²) in [7, 11) is 0. The molecule has 1 amide bonds. The summed E-state index contributed by atoms with van der Waals surface area (Å²) in [6.07, 6.45) is 0. The van der Waals surface area contributed by atoms with E-state index in [-0.39, 0.29) is 17.2 Å². The number of carbonyl (C=O) groups is 1. The Morgan fingerprint density at radius 2 is 2.09 bits per heavy atom. The minimum absolute atomic E-state index is 0.115. The number of hydrogen-bond acceptors (Lipinski definition) is 3. The molecule has 6 heteroatoms. The van der Waals surface area contributed by atoms with Crippen LogP contribution in [0.25, 0.3) is 0 Å². The van der Waals surface area contributed by atoms with Gasteiger partial charge in [-0.3, -0.25) is 4.79 Å². The highest BCUT2D eigenvalue weighted by Crippen LogP contribution is 2.24. The molecular formula is C16H15ClFNO3. The van der Waals surface area contributed by atoms with E-state index in [0.29, 0.717) is 23.6 Å². The lowest BCUT2D eigenvalue weighted by molar-refractivity contribution is 0.102. The molecule has 0 saturated carbocycles. The Morgan fingerprint density at radius 1 is 1.32 bits per heavy atom. The highest BCUT2D eigenvalue weighted by molar-refractivity contribution is 6.31. The molecule has 0 aromatic heterocycles. The lowest BCUT2D eigenvalue weighted by Gasteiger charge is -2.11. The van der Waals surface area contributed by atoms with Crippen molar-refractivity contribution in [3.8, 4) is 5.75 Å². The van der Waals surface area contributed by atoms with Gasteiger partial charge in [-0.15, -0.1) is 0 Å². The number of hydrogen-bond donors (Lipinski definition) is 2. The lowest BCUT2D eigenvalue weighted by atomic mass is 10.1. The molecule has 0 spiro atoms. The molecular weight excluding hydrogens is 309 g/mol. The molecule has 0 aliphatic heterocycles. The van der Waals surface area contributed by atoms with Gasteiger partial charge in [-0.2, -0.15) is 0 Å². The molecule has 2 aromatic rings. The zero-order chi connectivity index (χ0) is 16.1. The second-order valence-electron chi connectivity index (χ2n) is 4.50. The van der Waals surface area contributed by atoms with Crippen LogP contribution in [0.15, 0.2) is 36.4 Å².